The van der Waals surface area contributed by atoms with Gasteiger partial charge in [0.15, 0.2) is 0 Å². The number of urea groups is 1. The van der Waals surface area contributed by atoms with Crippen LogP contribution < -0.4 is 16.0 Å². The second-order valence-corrected chi connectivity index (χ2v) is 7.85. The fourth-order valence-electron chi connectivity index (χ4n) is 3.90. The van der Waals surface area contributed by atoms with Crippen molar-refractivity contribution in [1.29, 1.82) is 0 Å². The van der Waals surface area contributed by atoms with Crippen LogP contribution in [0.25, 0.3) is 0 Å². The largest absolute Gasteiger partial charge is 0.388 e. The number of carbonyl (C=O) groups excluding carboxylic acids is 2. The fourth-order valence-corrected chi connectivity index (χ4v) is 3.90. The van der Waals surface area contributed by atoms with Crippen molar-refractivity contribution in [1.82, 2.24) is 15.6 Å². The molecule has 9 nitrogen and oxygen atoms in total. The predicted molar refractivity (Wildman–Crippen MR) is 112 cm³/mol. The van der Waals surface area contributed by atoms with Crippen LogP contribution >= 0.6 is 0 Å². The molecule has 2 fully saturated rings. The number of rotatable bonds is 7. The summed E-state index contributed by atoms with van der Waals surface area (Å²) in [4.78, 5) is 28.1. The maximum absolute atomic E-state index is 12.9. The lowest BCUT2D eigenvalue weighted by Gasteiger charge is -2.20. The third-order valence-corrected chi connectivity index (χ3v) is 5.48. The number of hydrogen-bond acceptors (Lipinski definition) is 6. The van der Waals surface area contributed by atoms with E-state index < -0.39 is 24.3 Å². The summed E-state index contributed by atoms with van der Waals surface area (Å²) in [7, 11) is 0. The topological polar surface area (TPSA) is 122 Å². The number of benzene rings is 1. The van der Waals surface area contributed by atoms with Crippen LogP contribution in [0.2, 0.25) is 0 Å². The van der Waals surface area contributed by atoms with Gasteiger partial charge in [0.2, 0.25) is 5.91 Å². The summed E-state index contributed by atoms with van der Waals surface area (Å²) in [6.07, 6.45) is 0.984. The normalized spacial score (nSPS) is 26.4. The summed E-state index contributed by atoms with van der Waals surface area (Å²) in [5, 5.41) is 18.6. The van der Waals surface area contributed by atoms with Crippen LogP contribution in [0.3, 0.4) is 0 Å². The zero-order chi connectivity index (χ0) is 22.5. The Morgan fingerprint density at radius 3 is 2.69 bits per heavy atom. The molecule has 1 aromatic heterocycles. The highest BCUT2D eigenvalue weighted by atomic mass is 19.1. The Hall–Kier alpha value is -3.08. The van der Waals surface area contributed by atoms with Crippen molar-refractivity contribution in [2.75, 3.05) is 11.9 Å². The number of hydrogen-bond donors (Lipinski definition) is 4. The monoisotopic (exact) mass is 444 g/mol. The number of ether oxygens (including phenoxy) is 2. The average Bonchev–Trinajstić information content (AvgIpc) is 3.30. The Labute approximate surface area is 184 Å². The van der Waals surface area contributed by atoms with Crippen molar-refractivity contribution in [3.63, 3.8) is 0 Å². The first-order valence-electron chi connectivity index (χ1n) is 10.4. The van der Waals surface area contributed by atoms with Crippen LogP contribution in [0, 0.1) is 5.82 Å². The number of nitrogens with one attached hydrogen (secondary N) is 3. The predicted octanol–water partition coefficient (Wildman–Crippen LogP) is 1.33. The van der Waals surface area contributed by atoms with Gasteiger partial charge in [0.25, 0.3) is 0 Å². The number of anilines is 1. The molecule has 2 aliphatic rings. The number of halogens is 1. The molecule has 32 heavy (non-hydrogen) atoms. The van der Waals surface area contributed by atoms with Gasteiger partial charge in [0.1, 0.15) is 24.1 Å². The first kappa shape index (κ1) is 22.1. The summed E-state index contributed by atoms with van der Waals surface area (Å²) in [6.45, 7) is 0.416. The fraction of sp³-hybridized carbons (Fsp3) is 0.409. The number of aromatic nitrogens is 1. The zero-order valence-electron chi connectivity index (χ0n) is 17.2. The maximum atomic E-state index is 12.9. The third kappa shape index (κ3) is 5.58. The molecule has 0 spiro atoms. The molecular weight excluding hydrogens is 419 g/mol. The van der Waals surface area contributed by atoms with Gasteiger partial charge in [0, 0.05) is 25.7 Å². The lowest BCUT2D eigenvalue weighted by atomic mass is 10.1. The minimum atomic E-state index is -0.911. The Morgan fingerprint density at radius 2 is 1.97 bits per heavy atom. The first-order chi connectivity index (χ1) is 15.5. The number of aliphatic hydroxyl groups is 1. The lowest BCUT2D eigenvalue weighted by molar-refractivity contribution is -0.124. The van der Waals surface area contributed by atoms with Crippen LogP contribution in [0.1, 0.15) is 18.4 Å². The van der Waals surface area contributed by atoms with Gasteiger partial charge >= 0.3 is 6.03 Å². The van der Waals surface area contributed by atoms with Gasteiger partial charge in [-0.15, -0.1) is 0 Å². The highest BCUT2D eigenvalue weighted by Gasteiger charge is 2.50. The SMILES string of the molecule is O=C(CC1CC2OC(CNC(=O)Nc3cccnc3)C(O)C2O1)NCc1ccc(F)cc1. The van der Waals surface area contributed by atoms with E-state index in [0.29, 0.717) is 18.7 Å². The number of amides is 3. The molecule has 5 atom stereocenters. The van der Waals surface area contributed by atoms with Crippen molar-refractivity contribution in [2.45, 2.75) is 49.9 Å². The van der Waals surface area contributed by atoms with E-state index in [1.807, 2.05) is 0 Å². The summed E-state index contributed by atoms with van der Waals surface area (Å²) in [5.74, 6) is -0.522. The molecule has 3 amide bonds. The number of pyridine rings is 1. The van der Waals surface area contributed by atoms with Crippen molar-refractivity contribution < 1.29 is 28.6 Å². The van der Waals surface area contributed by atoms with E-state index in [-0.39, 0.29) is 36.9 Å². The molecule has 2 saturated heterocycles. The minimum Gasteiger partial charge on any atom is -0.388 e. The van der Waals surface area contributed by atoms with E-state index in [4.69, 9.17) is 9.47 Å². The van der Waals surface area contributed by atoms with E-state index in [2.05, 4.69) is 20.9 Å². The quantitative estimate of drug-likeness (QED) is 0.511. The van der Waals surface area contributed by atoms with Gasteiger partial charge in [0.05, 0.1) is 30.5 Å². The molecule has 10 heteroatoms. The molecule has 170 valence electrons. The van der Waals surface area contributed by atoms with Crippen LogP contribution in [0.4, 0.5) is 14.9 Å². The molecule has 0 bridgehead atoms. The maximum Gasteiger partial charge on any atom is 0.319 e. The van der Waals surface area contributed by atoms with Crippen LogP contribution in [-0.2, 0) is 20.8 Å². The molecule has 2 aliphatic heterocycles. The molecule has 3 heterocycles. The van der Waals surface area contributed by atoms with Crippen molar-refractivity contribution in [3.8, 4) is 0 Å². The molecule has 0 saturated carbocycles. The molecular formula is C22H25FN4O5. The van der Waals surface area contributed by atoms with Gasteiger partial charge in [-0.05, 0) is 29.8 Å². The Balaban J connectivity index is 1.17. The molecule has 5 unspecified atom stereocenters. The number of aliphatic hydroxyl groups excluding tert-OH is 1. The second-order valence-electron chi connectivity index (χ2n) is 7.85. The van der Waals surface area contributed by atoms with E-state index in [1.165, 1.54) is 18.3 Å². The highest BCUT2D eigenvalue weighted by Crippen LogP contribution is 2.35. The first-order valence-corrected chi connectivity index (χ1v) is 10.4. The number of fused-ring (bicyclic) bond motifs is 1. The second kappa shape index (κ2) is 10.0. The number of nitrogens with zero attached hydrogens (tertiary/aromatic N) is 1. The van der Waals surface area contributed by atoms with Crippen LogP contribution in [0.5, 0.6) is 0 Å². The molecule has 2 aromatic rings. The lowest BCUT2D eigenvalue weighted by Crippen LogP contribution is -2.42. The van der Waals surface area contributed by atoms with Gasteiger partial charge < -0.3 is 30.5 Å². The molecule has 1 aromatic carbocycles. The Bertz CT molecular complexity index is 930. The smallest absolute Gasteiger partial charge is 0.319 e. The van der Waals surface area contributed by atoms with Gasteiger partial charge in [-0.25, -0.2) is 9.18 Å². The van der Waals surface area contributed by atoms with Crippen molar-refractivity contribution >= 4 is 17.6 Å². The van der Waals surface area contributed by atoms with E-state index >= 15 is 0 Å². The molecule has 0 aliphatic carbocycles. The Morgan fingerprint density at radius 1 is 1.16 bits per heavy atom. The van der Waals surface area contributed by atoms with Crippen molar-refractivity contribution in [3.05, 3.63) is 60.2 Å². The zero-order valence-corrected chi connectivity index (χ0v) is 17.2. The van der Waals surface area contributed by atoms with Gasteiger partial charge in [-0.3, -0.25) is 9.78 Å². The molecule has 4 rings (SSSR count). The van der Waals surface area contributed by atoms with Crippen LogP contribution in [-0.4, -0.2) is 59.1 Å². The molecule has 4 N–H and O–H groups in total. The third-order valence-electron chi connectivity index (χ3n) is 5.48. The highest BCUT2D eigenvalue weighted by molar-refractivity contribution is 5.88. The van der Waals surface area contributed by atoms with Crippen LogP contribution in [0.15, 0.2) is 48.8 Å². The summed E-state index contributed by atoms with van der Waals surface area (Å²) in [5.41, 5.74) is 1.35. The number of carbonyl (C=O) groups is 2. The van der Waals surface area contributed by atoms with E-state index in [1.54, 1.807) is 30.5 Å². The van der Waals surface area contributed by atoms with Gasteiger partial charge in [-0.1, -0.05) is 12.1 Å². The average molecular weight is 444 g/mol. The van der Waals surface area contributed by atoms with Crippen molar-refractivity contribution in [2.24, 2.45) is 0 Å². The molecule has 0 radical (unpaired) electrons. The summed E-state index contributed by atoms with van der Waals surface area (Å²) in [6, 6.07) is 8.90. The van der Waals surface area contributed by atoms with Gasteiger partial charge in [-0.2, -0.15) is 0 Å². The Kier molecular flexibility index (Phi) is 6.93. The standard InChI is InChI=1S/C22H25FN4O5/c23-14-5-3-13(4-6-14)10-25-19(28)9-16-8-17-21(31-16)20(29)18(32-17)12-26-22(30)27-15-2-1-7-24-11-15/h1-7,11,16-18,20-21,29H,8-10,12H2,(H,25,28)(H2,26,27,30). The van der Waals surface area contributed by atoms with E-state index in [0.717, 1.165) is 5.56 Å². The summed E-state index contributed by atoms with van der Waals surface area (Å²) >= 11 is 0. The van der Waals surface area contributed by atoms with E-state index in [9.17, 15) is 19.1 Å². The minimum absolute atomic E-state index is 0.118. The summed E-state index contributed by atoms with van der Waals surface area (Å²) < 4.78 is 24.6.